The Morgan fingerprint density at radius 1 is 1.48 bits per heavy atom. The monoisotopic (exact) mass is 326 g/mol. The number of rotatable bonds is 3. The van der Waals surface area contributed by atoms with Gasteiger partial charge in [0.1, 0.15) is 6.04 Å². The van der Waals surface area contributed by atoms with E-state index in [2.05, 4.69) is 4.98 Å². The third kappa shape index (κ3) is 2.43. The molecular weight excluding hydrogens is 312 g/mol. The number of aromatic nitrogens is 1. The maximum Gasteiger partial charge on any atom is 0.322 e. The van der Waals surface area contributed by atoms with Gasteiger partial charge in [0.2, 0.25) is 10.0 Å². The van der Waals surface area contributed by atoms with Crippen LogP contribution in [0.2, 0.25) is 0 Å². The lowest BCUT2D eigenvalue weighted by Crippen LogP contribution is -2.40. The molecule has 21 heavy (non-hydrogen) atoms. The van der Waals surface area contributed by atoms with E-state index in [1.54, 1.807) is 12.1 Å². The summed E-state index contributed by atoms with van der Waals surface area (Å²) in [5.74, 6) is -1.09. The smallest absolute Gasteiger partial charge is 0.322 e. The topological polar surface area (TPSA) is 87.6 Å². The number of carboxylic acids is 1. The maximum atomic E-state index is 12.6. The van der Waals surface area contributed by atoms with E-state index in [9.17, 15) is 13.2 Å². The van der Waals surface area contributed by atoms with Crippen molar-refractivity contribution in [2.75, 3.05) is 6.54 Å². The molecule has 1 fully saturated rings. The highest BCUT2D eigenvalue weighted by Crippen LogP contribution is 2.29. The van der Waals surface area contributed by atoms with E-state index in [4.69, 9.17) is 5.11 Å². The highest BCUT2D eigenvalue weighted by molar-refractivity contribution is 7.89. The van der Waals surface area contributed by atoms with E-state index in [0.717, 1.165) is 19.5 Å². The van der Waals surface area contributed by atoms with Crippen LogP contribution in [0.25, 0.3) is 10.2 Å². The predicted octanol–water partition coefficient (Wildman–Crippen LogP) is 1.84. The lowest BCUT2D eigenvalue weighted by Gasteiger charge is -2.20. The molecule has 1 aromatic carbocycles. The summed E-state index contributed by atoms with van der Waals surface area (Å²) in [6.45, 7) is 2.11. The first-order chi connectivity index (χ1) is 9.89. The number of carboxylic acid groups (broad SMARTS) is 1. The summed E-state index contributed by atoms with van der Waals surface area (Å²) < 4.78 is 27.2. The third-order valence-electron chi connectivity index (χ3n) is 3.56. The molecule has 1 aliphatic rings. The zero-order valence-corrected chi connectivity index (χ0v) is 12.9. The number of carbonyl (C=O) groups is 1. The van der Waals surface area contributed by atoms with Crippen molar-refractivity contribution in [3.8, 4) is 0 Å². The number of hydrogen-bond acceptors (Lipinski definition) is 5. The van der Waals surface area contributed by atoms with Gasteiger partial charge in [-0.1, -0.05) is 0 Å². The first kappa shape index (κ1) is 14.4. The molecule has 0 aliphatic carbocycles. The summed E-state index contributed by atoms with van der Waals surface area (Å²) in [6.07, 6.45) is 0.925. The zero-order chi connectivity index (χ0) is 15.2. The Morgan fingerprint density at radius 3 is 2.95 bits per heavy atom. The van der Waals surface area contributed by atoms with Gasteiger partial charge in [-0.3, -0.25) is 4.79 Å². The van der Waals surface area contributed by atoms with Crippen LogP contribution in [0, 0.1) is 6.92 Å². The van der Waals surface area contributed by atoms with E-state index < -0.39 is 22.0 Å². The highest BCUT2D eigenvalue weighted by atomic mass is 32.2. The third-order valence-corrected chi connectivity index (χ3v) is 6.40. The first-order valence-corrected chi connectivity index (χ1v) is 8.77. The second kappa shape index (κ2) is 5.04. The van der Waals surface area contributed by atoms with Crippen molar-refractivity contribution in [2.45, 2.75) is 30.7 Å². The molecule has 1 aromatic heterocycles. The number of aliphatic carboxylic acids is 1. The number of sulfonamides is 1. The van der Waals surface area contributed by atoms with Crippen molar-refractivity contribution in [1.82, 2.24) is 9.29 Å². The predicted molar refractivity (Wildman–Crippen MR) is 78.9 cm³/mol. The van der Waals surface area contributed by atoms with Crippen LogP contribution in [0.1, 0.15) is 17.8 Å². The molecule has 0 spiro atoms. The molecule has 3 rings (SSSR count). The Kier molecular flexibility index (Phi) is 3.46. The molecule has 1 N–H and O–H groups in total. The Morgan fingerprint density at radius 2 is 2.24 bits per heavy atom. The molecule has 0 radical (unpaired) electrons. The second-order valence-electron chi connectivity index (χ2n) is 4.97. The van der Waals surface area contributed by atoms with Gasteiger partial charge in [0, 0.05) is 6.54 Å². The molecule has 0 saturated carbocycles. The normalized spacial score (nSPS) is 20.1. The Balaban J connectivity index is 2.05. The minimum absolute atomic E-state index is 0.131. The maximum absolute atomic E-state index is 12.6. The van der Waals surface area contributed by atoms with Gasteiger partial charge in [-0.05, 0) is 38.0 Å². The average Bonchev–Trinajstić information content (AvgIpc) is 3.02. The average molecular weight is 326 g/mol. The zero-order valence-electron chi connectivity index (χ0n) is 11.3. The summed E-state index contributed by atoms with van der Waals surface area (Å²) in [4.78, 5) is 15.6. The fourth-order valence-electron chi connectivity index (χ4n) is 2.59. The minimum Gasteiger partial charge on any atom is -0.480 e. The fraction of sp³-hybridized carbons (Fsp3) is 0.385. The number of thiazole rings is 1. The van der Waals surface area contributed by atoms with E-state index in [0.29, 0.717) is 12.8 Å². The van der Waals surface area contributed by atoms with E-state index in [1.165, 1.54) is 17.4 Å². The number of hydrogen-bond donors (Lipinski definition) is 1. The van der Waals surface area contributed by atoms with Crippen LogP contribution in [-0.4, -0.2) is 41.4 Å². The highest BCUT2D eigenvalue weighted by Gasteiger charge is 2.39. The summed E-state index contributed by atoms with van der Waals surface area (Å²) in [5, 5.41) is 10.0. The van der Waals surface area contributed by atoms with Crippen LogP contribution in [0.5, 0.6) is 0 Å². The van der Waals surface area contributed by atoms with Gasteiger partial charge >= 0.3 is 5.97 Å². The van der Waals surface area contributed by atoms with E-state index in [-0.39, 0.29) is 11.4 Å². The summed E-state index contributed by atoms with van der Waals surface area (Å²) in [6, 6.07) is 3.77. The standard InChI is InChI=1S/C13H14N2O4S2/c1-8-14-10-5-4-9(7-12(10)20-8)21(18,19)15-6-2-3-11(15)13(16)17/h4-5,7,11H,2-3,6H2,1H3,(H,16,17)/t11-/m1/s1. The van der Waals surface area contributed by atoms with Gasteiger partial charge < -0.3 is 5.11 Å². The molecule has 6 nitrogen and oxygen atoms in total. The molecule has 0 amide bonds. The minimum atomic E-state index is -3.78. The number of nitrogens with zero attached hydrogens (tertiary/aromatic N) is 2. The van der Waals surface area contributed by atoms with Crippen molar-refractivity contribution in [3.63, 3.8) is 0 Å². The summed E-state index contributed by atoms with van der Waals surface area (Å²) in [7, 11) is -3.78. The first-order valence-electron chi connectivity index (χ1n) is 6.51. The van der Waals surface area contributed by atoms with Crippen LogP contribution >= 0.6 is 11.3 Å². The van der Waals surface area contributed by atoms with Crippen molar-refractivity contribution >= 4 is 37.5 Å². The van der Waals surface area contributed by atoms with Gasteiger partial charge in [0.05, 0.1) is 20.1 Å². The van der Waals surface area contributed by atoms with Crippen molar-refractivity contribution in [2.24, 2.45) is 0 Å². The molecule has 0 unspecified atom stereocenters. The molecule has 0 bridgehead atoms. The number of aryl methyl sites for hydroxylation is 1. The molecule has 1 saturated heterocycles. The quantitative estimate of drug-likeness (QED) is 0.930. The summed E-state index contributed by atoms with van der Waals surface area (Å²) in [5.41, 5.74) is 0.757. The van der Waals surface area contributed by atoms with Crippen LogP contribution in [0.4, 0.5) is 0 Å². The number of benzene rings is 1. The van der Waals surface area contributed by atoms with Crippen molar-refractivity contribution in [1.29, 1.82) is 0 Å². The number of fused-ring (bicyclic) bond motifs is 1. The van der Waals surface area contributed by atoms with Gasteiger partial charge in [0.15, 0.2) is 0 Å². The van der Waals surface area contributed by atoms with Crippen LogP contribution < -0.4 is 0 Å². The Hall–Kier alpha value is -1.51. The van der Waals surface area contributed by atoms with Crippen LogP contribution in [0.3, 0.4) is 0 Å². The molecular formula is C13H14N2O4S2. The largest absolute Gasteiger partial charge is 0.480 e. The molecule has 2 aromatic rings. The molecule has 1 aliphatic heterocycles. The van der Waals surface area contributed by atoms with Crippen molar-refractivity contribution < 1.29 is 18.3 Å². The van der Waals surface area contributed by atoms with Gasteiger partial charge in [-0.15, -0.1) is 11.3 Å². The second-order valence-corrected chi connectivity index (χ2v) is 8.10. The molecule has 8 heteroatoms. The molecule has 112 valence electrons. The Bertz CT molecular complexity index is 813. The van der Waals surface area contributed by atoms with Gasteiger partial charge in [0.25, 0.3) is 0 Å². The van der Waals surface area contributed by atoms with Crippen LogP contribution in [0.15, 0.2) is 23.1 Å². The fourth-order valence-corrected chi connectivity index (χ4v) is 5.21. The van der Waals surface area contributed by atoms with E-state index in [1.807, 2.05) is 6.92 Å². The Labute approximate surface area is 126 Å². The van der Waals surface area contributed by atoms with E-state index >= 15 is 0 Å². The van der Waals surface area contributed by atoms with Gasteiger partial charge in [-0.2, -0.15) is 4.31 Å². The lowest BCUT2D eigenvalue weighted by atomic mass is 10.2. The molecule has 1 atom stereocenters. The summed E-state index contributed by atoms with van der Waals surface area (Å²) >= 11 is 1.42. The van der Waals surface area contributed by atoms with Crippen LogP contribution in [-0.2, 0) is 14.8 Å². The SMILES string of the molecule is Cc1nc2ccc(S(=O)(=O)N3CCC[C@@H]3C(=O)O)cc2s1. The van der Waals surface area contributed by atoms with Gasteiger partial charge in [-0.25, -0.2) is 13.4 Å². The molecule has 2 heterocycles. The lowest BCUT2D eigenvalue weighted by molar-refractivity contribution is -0.140. The van der Waals surface area contributed by atoms with Crippen molar-refractivity contribution in [3.05, 3.63) is 23.2 Å².